The van der Waals surface area contributed by atoms with Gasteiger partial charge in [-0.3, -0.25) is 4.79 Å². The minimum atomic E-state index is -0.495. The third-order valence-corrected chi connectivity index (χ3v) is 3.53. The largest absolute Gasteiger partial charge is 0.481 e. The van der Waals surface area contributed by atoms with Crippen LogP contribution in [0.4, 0.5) is 0 Å². The molecule has 98 valence electrons. The molecule has 0 bridgehead atoms. The Balaban J connectivity index is 1.86. The Morgan fingerprint density at radius 1 is 1.50 bits per heavy atom. The zero-order valence-corrected chi connectivity index (χ0v) is 11.8. The van der Waals surface area contributed by atoms with Crippen molar-refractivity contribution < 1.29 is 14.6 Å². The fraction of sp³-hybridized carbons (Fsp3) is 0.462. The monoisotopic (exact) mass is 313 g/mol. The summed E-state index contributed by atoms with van der Waals surface area (Å²) < 4.78 is 6.56. The molecule has 0 saturated carbocycles. The second kappa shape index (κ2) is 5.71. The topological polar surface area (TPSA) is 49.8 Å². The highest BCUT2D eigenvalue weighted by Crippen LogP contribution is 2.20. The Labute approximate surface area is 115 Å². The lowest BCUT2D eigenvalue weighted by Crippen LogP contribution is -2.54. The van der Waals surface area contributed by atoms with E-state index in [1.54, 1.807) is 11.8 Å². The molecule has 1 aliphatic heterocycles. The van der Waals surface area contributed by atoms with Gasteiger partial charge in [-0.1, -0.05) is 15.9 Å². The summed E-state index contributed by atoms with van der Waals surface area (Å²) in [7, 11) is 0. The lowest BCUT2D eigenvalue weighted by Gasteiger charge is -2.39. The first kappa shape index (κ1) is 13.4. The molecular weight excluding hydrogens is 298 g/mol. The van der Waals surface area contributed by atoms with E-state index in [0.717, 1.165) is 4.47 Å². The normalized spacial score (nSPS) is 17.2. The first-order valence-corrected chi connectivity index (χ1v) is 6.71. The second-order valence-corrected chi connectivity index (χ2v) is 5.42. The number of ether oxygens (including phenoxy) is 1. The van der Waals surface area contributed by atoms with Crippen molar-refractivity contribution in [3.05, 3.63) is 28.7 Å². The fourth-order valence-electron chi connectivity index (χ4n) is 1.89. The van der Waals surface area contributed by atoms with Crippen LogP contribution in [-0.4, -0.2) is 41.7 Å². The molecule has 1 atom stereocenters. The van der Waals surface area contributed by atoms with Gasteiger partial charge in [-0.2, -0.15) is 0 Å². The molecule has 18 heavy (non-hydrogen) atoms. The molecule has 1 unspecified atom stereocenters. The molecule has 1 N–H and O–H groups in total. The molecule has 0 aromatic heterocycles. The van der Waals surface area contributed by atoms with Gasteiger partial charge in [0, 0.05) is 30.1 Å². The van der Waals surface area contributed by atoms with Crippen LogP contribution in [0.3, 0.4) is 0 Å². The number of benzene rings is 1. The Bertz CT molecular complexity index is 415. The average Bonchev–Trinajstić information content (AvgIpc) is 2.30. The molecule has 1 amide bonds. The number of likely N-dealkylation sites (tertiary alicyclic amines) is 1. The highest BCUT2D eigenvalue weighted by molar-refractivity contribution is 9.10. The van der Waals surface area contributed by atoms with Crippen LogP contribution in [0.1, 0.15) is 6.92 Å². The van der Waals surface area contributed by atoms with E-state index in [1.165, 1.54) is 0 Å². The van der Waals surface area contributed by atoms with Gasteiger partial charge in [-0.05, 0) is 31.2 Å². The molecule has 1 heterocycles. The maximum absolute atomic E-state index is 12.0. The zero-order chi connectivity index (χ0) is 13.1. The standard InChI is InChI=1S/C13H16BrNO3/c1-9(13(17)15-6-10(7-15)8-16)18-12-4-2-11(14)3-5-12/h2-5,9-10,16H,6-8H2,1H3. The number of rotatable bonds is 4. The minimum absolute atomic E-state index is 0.0254. The van der Waals surface area contributed by atoms with Gasteiger partial charge in [0.15, 0.2) is 6.10 Å². The summed E-state index contributed by atoms with van der Waals surface area (Å²) in [6.07, 6.45) is -0.495. The van der Waals surface area contributed by atoms with Gasteiger partial charge in [0.25, 0.3) is 5.91 Å². The number of aliphatic hydroxyl groups is 1. The van der Waals surface area contributed by atoms with E-state index >= 15 is 0 Å². The molecule has 1 aromatic carbocycles. The quantitative estimate of drug-likeness (QED) is 0.920. The van der Waals surface area contributed by atoms with E-state index in [-0.39, 0.29) is 18.4 Å². The highest BCUT2D eigenvalue weighted by Gasteiger charge is 2.33. The Morgan fingerprint density at radius 2 is 2.11 bits per heavy atom. The maximum atomic E-state index is 12.0. The molecule has 0 spiro atoms. The summed E-state index contributed by atoms with van der Waals surface area (Å²) in [5.74, 6) is 0.884. The SMILES string of the molecule is CC(Oc1ccc(Br)cc1)C(=O)N1CC(CO)C1. The number of amides is 1. The Kier molecular flexibility index (Phi) is 4.24. The van der Waals surface area contributed by atoms with Crippen LogP contribution in [-0.2, 0) is 4.79 Å². The van der Waals surface area contributed by atoms with Crippen molar-refractivity contribution in [1.82, 2.24) is 4.90 Å². The van der Waals surface area contributed by atoms with E-state index in [9.17, 15) is 4.79 Å². The Morgan fingerprint density at radius 3 is 2.67 bits per heavy atom. The smallest absolute Gasteiger partial charge is 0.263 e. The van der Waals surface area contributed by atoms with Crippen molar-refractivity contribution in [2.45, 2.75) is 13.0 Å². The minimum Gasteiger partial charge on any atom is -0.481 e. The lowest BCUT2D eigenvalue weighted by atomic mass is 10.0. The highest BCUT2D eigenvalue weighted by atomic mass is 79.9. The lowest BCUT2D eigenvalue weighted by molar-refractivity contribution is -0.145. The number of hydrogen-bond acceptors (Lipinski definition) is 3. The molecule has 1 saturated heterocycles. The average molecular weight is 314 g/mol. The zero-order valence-electron chi connectivity index (χ0n) is 10.2. The van der Waals surface area contributed by atoms with Crippen LogP contribution in [0.15, 0.2) is 28.7 Å². The van der Waals surface area contributed by atoms with Crippen LogP contribution in [0.25, 0.3) is 0 Å². The summed E-state index contributed by atoms with van der Waals surface area (Å²) in [6, 6.07) is 7.39. The third-order valence-electron chi connectivity index (χ3n) is 3.00. The second-order valence-electron chi connectivity index (χ2n) is 4.51. The van der Waals surface area contributed by atoms with Crippen molar-refractivity contribution in [2.24, 2.45) is 5.92 Å². The number of nitrogens with zero attached hydrogens (tertiary/aromatic N) is 1. The molecule has 5 heteroatoms. The summed E-state index contributed by atoms with van der Waals surface area (Å²) in [4.78, 5) is 13.7. The summed E-state index contributed by atoms with van der Waals surface area (Å²) in [5, 5.41) is 8.91. The van der Waals surface area contributed by atoms with Crippen LogP contribution in [0, 0.1) is 5.92 Å². The Hall–Kier alpha value is -1.07. The molecule has 1 aromatic rings. The number of carbonyl (C=O) groups excluding carboxylic acids is 1. The number of carbonyl (C=O) groups is 1. The predicted molar refractivity (Wildman–Crippen MR) is 71.4 cm³/mol. The van der Waals surface area contributed by atoms with Crippen LogP contribution >= 0.6 is 15.9 Å². The third kappa shape index (κ3) is 3.03. The molecule has 0 aliphatic carbocycles. The molecular formula is C13H16BrNO3. The molecule has 2 rings (SSSR count). The maximum Gasteiger partial charge on any atom is 0.263 e. The van der Waals surface area contributed by atoms with Gasteiger partial charge < -0.3 is 14.7 Å². The summed E-state index contributed by atoms with van der Waals surface area (Å²) in [6.45, 7) is 3.15. The van der Waals surface area contributed by atoms with E-state index in [4.69, 9.17) is 9.84 Å². The van der Waals surface area contributed by atoms with E-state index in [1.807, 2.05) is 24.3 Å². The summed E-state index contributed by atoms with van der Waals surface area (Å²) in [5.41, 5.74) is 0. The number of halogens is 1. The summed E-state index contributed by atoms with van der Waals surface area (Å²) >= 11 is 3.34. The van der Waals surface area contributed by atoms with Crippen molar-refractivity contribution in [3.8, 4) is 5.75 Å². The molecule has 4 nitrogen and oxygen atoms in total. The van der Waals surface area contributed by atoms with Crippen LogP contribution < -0.4 is 4.74 Å². The van der Waals surface area contributed by atoms with Gasteiger partial charge in [-0.15, -0.1) is 0 Å². The number of hydrogen-bond donors (Lipinski definition) is 1. The van der Waals surface area contributed by atoms with E-state index in [2.05, 4.69) is 15.9 Å². The van der Waals surface area contributed by atoms with Crippen molar-refractivity contribution in [1.29, 1.82) is 0 Å². The van der Waals surface area contributed by atoms with Crippen molar-refractivity contribution in [2.75, 3.05) is 19.7 Å². The van der Waals surface area contributed by atoms with Crippen molar-refractivity contribution in [3.63, 3.8) is 0 Å². The van der Waals surface area contributed by atoms with E-state index < -0.39 is 6.10 Å². The van der Waals surface area contributed by atoms with Crippen LogP contribution in [0.5, 0.6) is 5.75 Å². The van der Waals surface area contributed by atoms with Crippen molar-refractivity contribution >= 4 is 21.8 Å². The fourth-order valence-corrected chi connectivity index (χ4v) is 2.15. The molecule has 0 radical (unpaired) electrons. The first-order valence-electron chi connectivity index (χ1n) is 5.92. The van der Waals surface area contributed by atoms with Gasteiger partial charge in [-0.25, -0.2) is 0 Å². The molecule has 1 fully saturated rings. The molecule has 1 aliphatic rings. The van der Waals surface area contributed by atoms with Gasteiger partial charge in [0.1, 0.15) is 5.75 Å². The van der Waals surface area contributed by atoms with Gasteiger partial charge in [0.05, 0.1) is 0 Å². The van der Waals surface area contributed by atoms with Crippen LogP contribution in [0.2, 0.25) is 0 Å². The van der Waals surface area contributed by atoms with E-state index in [0.29, 0.717) is 18.8 Å². The number of aliphatic hydroxyl groups excluding tert-OH is 1. The predicted octanol–water partition coefficient (Wildman–Crippen LogP) is 1.67. The first-order chi connectivity index (χ1) is 8.60. The van der Waals surface area contributed by atoms with Gasteiger partial charge >= 0.3 is 0 Å². The van der Waals surface area contributed by atoms with Gasteiger partial charge in [0.2, 0.25) is 0 Å².